The molecule has 1 fully saturated rings. The van der Waals surface area contributed by atoms with Gasteiger partial charge in [-0.25, -0.2) is 0 Å². The molecular weight excluding hydrogens is 376 g/mol. The molecule has 1 aliphatic heterocycles. The number of carbonyl (C=O) groups excluding carboxylic acids is 2. The van der Waals surface area contributed by atoms with Crippen molar-refractivity contribution in [1.29, 1.82) is 0 Å². The predicted molar refractivity (Wildman–Crippen MR) is 103 cm³/mol. The van der Waals surface area contributed by atoms with Crippen molar-refractivity contribution in [3.63, 3.8) is 0 Å². The van der Waals surface area contributed by atoms with Gasteiger partial charge in [-0.15, -0.1) is 5.10 Å². The molecule has 0 unspecified atom stereocenters. The summed E-state index contributed by atoms with van der Waals surface area (Å²) in [7, 11) is 0. The highest BCUT2D eigenvalue weighted by Crippen LogP contribution is 2.23. The molecule has 0 aliphatic carbocycles. The molecule has 1 atom stereocenters. The van der Waals surface area contributed by atoms with Gasteiger partial charge in [0.25, 0.3) is 0 Å². The summed E-state index contributed by atoms with van der Waals surface area (Å²) in [6, 6.07) is 10.2. The molecule has 134 valence electrons. The molecular formula is C17H15ClN4O3S. The number of thioether (sulfide) groups is 1. The molecule has 0 saturated carbocycles. The Balaban J connectivity index is 1.52. The van der Waals surface area contributed by atoms with Crippen molar-refractivity contribution in [3.05, 3.63) is 60.0 Å². The first-order valence-electron chi connectivity index (χ1n) is 7.60. The third-order valence-corrected chi connectivity index (χ3v) is 4.72. The Morgan fingerprint density at radius 2 is 2.12 bits per heavy atom. The summed E-state index contributed by atoms with van der Waals surface area (Å²) in [4.78, 5) is 24.1. The highest BCUT2D eigenvalue weighted by Gasteiger charge is 2.32. The van der Waals surface area contributed by atoms with Crippen molar-refractivity contribution in [2.75, 3.05) is 5.32 Å². The average molecular weight is 391 g/mol. The number of benzene rings is 1. The lowest BCUT2D eigenvalue weighted by atomic mass is 10.2. The van der Waals surface area contributed by atoms with Gasteiger partial charge < -0.3 is 15.1 Å². The highest BCUT2D eigenvalue weighted by molar-refractivity contribution is 8.15. The standard InChI is InChI=1S/C17H15ClN4O3S/c1-10(13-3-2-8-25-13)21-22-17-20-16(24)14(26-17)9-15(23)19-12-6-4-11(18)5-7-12/h2-8,14,21H,1,9H2,(H,19,23)(H,20,22,24)/t14-/m0/s1. The van der Waals surface area contributed by atoms with E-state index < -0.39 is 5.25 Å². The molecule has 3 rings (SSSR count). The molecule has 0 radical (unpaired) electrons. The Hall–Kier alpha value is -2.71. The molecule has 3 N–H and O–H groups in total. The first kappa shape index (κ1) is 18.1. The van der Waals surface area contributed by atoms with Crippen molar-refractivity contribution >= 4 is 51.7 Å². The average Bonchev–Trinajstić information content (AvgIpc) is 3.25. The largest absolute Gasteiger partial charge is 0.463 e. The van der Waals surface area contributed by atoms with Crippen LogP contribution in [-0.2, 0) is 9.59 Å². The number of nitrogens with zero attached hydrogens (tertiary/aromatic N) is 1. The predicted octanol–water partition coefficient (Wildman–Crippen LogP) is 3.02. The maximum atomic E-state index is 12.1. The molecule has 1 aromatic carbocycles. The van der Waals surface area contributed by atoms with Crippen LogP contribution in [0.25, 0.3) is 5.70 Å². The molecule has 0 spiro atoms. The van der Waals surface area contributed by atoms with Crippen molar-refractivity contribution < 1.29 is 14.0 Å². The van der Waals surface area contributed by atoms with E-state index in [1.807, 2.05) is 0 Å². The van der Waals surface area contributed by atoms with Gasteiger partial charge in [-0.3, -0.25) is 15.0 Å². The van der Waals surface area contributed by atoms with E-state index in [0.29, 0.717) is 27.3 Å². The van der Waals surface area contributed by atoms with Crippen LogP contribution in [-0.4, -0.2) is 22.2 Å². The lowest BCUT2D eigenvalue weighted by Crippen LogP contribution is -2.28. The first-order chi connectivity index (χ1) is 12.5. The minimum atomic E-state index is -0.556. The molecule has 2 amide bonds. The summed E-state index contributed by atoms with van der Waals surface area (Å²) in [5.41, 5.74) is 3.80. The van der Waals surface area contributed by atoms with Crippen molar-refractivity contribution in [2.24, 2.45) is 5.10 Å². The summed E-state index contributed by atoms with van der Waals surface area (Å²) in [6.07, 6.45) is 1.55. The topological polar surface area (TPSA) is 95.7 Å². The van der Waals surface area contributed by atoms with E-state index in [1.165, 1.54) is 18.0 Å². The zero-order chi connectivity index (χ0) is 18.5. The summed E-state index contributed by atoms with van der Waals surface area (Å²) in [5, 5.41) is 9.82. The van der Waals surface area contributed by atoms with Crippen LogP contribution in [0, 0.1) is 0 Å². The minimum Gasteiger partial charge on any atom is -0.463 e. The van der Waals surface area contributed by atoms with Crippen LogP contribution >= 0.6 is 23.4 Å². The number of rotatable bonds is 6. The molecule has 9 heteroatoms. The zero-order valence-corrected chi connectivity index (χ0v) is 15.1. The Kier molecular flexibility index (Phi) is 5.65. The molecule has 2 heterocycles. The Bertz CT molecular complexity index is 849. The lowest BCUT2D eigenvalue weighted by molar-refractivity contribution is -0.122. The number of furan rings is 1. The fraction of sp³-hybridized carbons (Fsp3) is 0.118. The normalized spacial score (nSPS) is 17.8. The number of anilines is 1. The maximum Gasteiger partial charge on any atom is 0.240 e. The van der Waals surface area contributed by atoms with E-state index >= 15 is 0 Å². The third kappa shape index (κ3) is 4.68. The fourth-order valence-corrected chi connectivity index (χ4v) is 3.18. The van der Waals surface area contributed by atoms with Gasteiger partial charge >= 0.3 is 0 Å². The number of amides is 2. The van der Waals surface area contributed by atoms with Crippen LogP contribution < -0.4 is 16.1 Å². The number of carbonyl (C=O) groups is 2. The zero-order valence-electron chi connectivity index (χ0n) is 13.5. The second-order valence-electron chi connectivity index (χ2n) is 5.34. The molecule has 1 saturated heterocycles. The minimum absolute atomic E-state index is 0.0251. The van der Waals surface area contributed by atoms with Gasteiger partial charge in [0.2, 0.25) is 11.8 Å². The fourth-order valence-electron chi connectivity index (χ4n) is 2.13. The summed E-state index contributed by atoms with van der Waals surface area (Å²) >= 11 is 6.98. The van der Waals surface area contributed by atoms with Crippen LogP contribution in [0.2, 0.25) is 5.02 Å². The van der Waals surface area contributed by atoms with Crippen LogP contribution in [0.3, 0.4) is 0 Å². The third-order valence-electron chi connectivity index (χ3n) is 3.39. The van der Waals surface area contributed by atoms with Crippen LogP contribution in [0.15, 0.2) is 58.8 Å². The first-order valence-corrected chi connectivity index (χ1v) is 8.86. The van der Waals surface area contributed by atoms with Crippen molar-refractivity contribution in [1.82, 2.24) is 10.7 Å². The summed E-state index contributed by atoms with van der Waals surface area (Å²) < 4.78 is 5.18. The Morgan fingerprint density at radius 3 is 2.81 bits per heavy atom. The van der Waals surface area contributed by atoms with Crippen LogP contribution in [0.5, 0.6) is 0 Å². The SMILES string of the molecule is C=C(N/N=C1\NC(=O)[C@H](CC(=O)Nc2ccc(Cl)cc2)S1)c1ccco1. The Labute approximate surface area is 158 Å². The van der Waals surface area contributed by atoms with E-state index in [0.717, 1.165) is 0 Å². The van der Waals surface area contributed by atoms with Gasteiger partial charge in [0.15, 0.2) is 10.9 Å². The maximum absolute atomic E-state index is 12.1. The molecule has 1 aromatic heterocycles. The van der Waals surface area contributed by atoms with Crippen molar-refractivity contribution in [3.8, 4) is 0 Å². The van der Waals surface area contributed by atoms with Gasteiger partial charge in [-0.05, 0) is 36.4 Å². The van der Waals surface area contributed by atoms with Crippen LogP contribution in [0.4, 0.5) is 5.69 Å². The van der Waals surface area contributed by atoms with Gasteiger partial charge in [-0.1, -0.05) is 29.9 Å². The molecule has 2 aromatic rings. The summed E-state index contributed by atoms with van der Waals surface area (Å²) in [5.74, 6) is 0.00200. The number of hydrazone groups is 1. The van der Waals surface area contributed by atoms with E-state index in [-0.39, 0.29) is 18.2 Å². The number of hydrogen-bond donors (Lipinski definition) is 3. The van der Waals surface area contributed by atoms with Gasteiger partial charge in [0.1, 0.15) is 5.25 Å². The number of halogens is 1. The van der Waals surface area contributed by atoms with Crippen molar-refractivity contribution in [2.45, 2.75) is 11.7 Å². The highest BCUT2D eigenvalue weighted by atomic mass is 35.5. The number of hydrogen-bond acceptors (Lipinski definition) is 6. The van der Waals surface area contributed by atoms with Gasteiger partial charge in [0.05, 0.1) is 12.0 Å². The van der Waals surface area contributed by atoms with E-state index in [4.69, 9.17) is 16.0 Å². The quantitative estimate of drug-likeness (QED) is 0.659. The lowest BCUT2D eigenvalue weighted by Gasteiger charge is -2.07. The van der Waals surface area contributed by atoms with E-state index in [2.05, 4.69) is 27.7 Å². The van der Waals surface area contributed by atoms with E-state index in [9.17, 15) is 9.59 Å². The molecule has 1 aliphatic rings. The molecule has 7 nitrogen and oxygen atoms in total. The number of nitrogens with one attached hydrogen (secondary N) is 3. The van der Waals surface area contributed by atoms with Crippen LogP contribution in [0.1, 0.15) is 12.2 Å². The monoisotopic (exact) mass is 390 g/mol. The van der Waals surface area contributed by atoms with Gasteiger partial charge in [-0.2, -0.15) is 0 Å². The molecule has 0 bridgehead atoms. The van der Waals surface area contributed by atoms with E-state index in [1.54, 1.807) is 36.4 Å². The number of amidine groups is 1. The van der Waals surface area contributed by atoms with Gasteiger partial charge in [0, 0.05) is 17.1 Å². The summed E-state index contributed by atoms with van der Waals surface area (Å²) in [6.45, 7) is 3.79. The second kappa shape index (κ2) is 8.11. The second-order valence-corrected chi connectivity index (χ2v) is 6.97. The smallest absolute Gasteiger partial charge is 0.240 e. The molecule has 26 heavy (non-hydrogen) atoms. The Morgan fingerprint density at radius 1 is 1.35 bits per heavy atom.